The van der Waals surface area contributed by atoms with Crippen LogP contribution >= 0.6 is 0 Å². The molecule has 2 amide bonds. The molecule has 0 saturated carbocycles. The Morgan fingerprint density at radius 1 is 1.19 bits per heavy atom. The first kappa shape index (κ1) is 15.8. The predicted molar refractivity (Wildman–Crippen MR) is 86.2 cm³/mol. The highest BCUT2D eigenvalue weighted by molar-refractivity contribution is 5.75. The fraction of sp³-hybridized carbons (Fsp3) is 0.588. The minimum atomic E-state index is 0.0584. The van der Waals surface area contributed by atoms with Gasteiger partial charge in [0.1, 0.15) is 0 Å². The molecule has 0 aliphatic carbocycles. The fourth-order valence-corrected chi connectivity index (χ4v) is 2.79. The second-order valence-corrected chi connectivity index (χ2v) is 5.74. The third-order valence-corrected chi connectivity index (χ3v) is 3.97. The van der Waals surface area contributed by atoms with Gasteiger partial charge >= 0.3 is 6.03 Å². The van der Waals surface area contributed by atoms with Crippen LogP contribution in [0.3, 0.4) is 0 Å². The third kappa shape index (κ3) is 4.46. The van der Waals surface area contributed by atoms with Crippen molar-refractivity contribution in [3.8, 4) is 0 Å². The number of hydrogen-bond acceptors (Lipinski definition) is 2. The van der Waals surface area contributed by atoms with Gasteiger partial charge in [-0.2, -0.15) is 0 Å². The first-order chi connectivity index (χ1) is 10.2. The monoisotopic (exact) mass is 289 g/mol. The van der Waals surface area contributed by atoms with Crippen molar-refractivity contribution in [1.29, 1.82) is 0 Å². The topological polar surface area (TPSA) is 35.6 Å². The summed E-state index contributed by atoms with van der Waals surface area (Å²) in [5.41, 5.74) is 1.14. The number of likely N-dealkylation sites (tertiary alicyclic amines) is 1. The molecule has 4 nitrogen and oxygen atoms in total. The number of hydrogen-bond donors (Lipinski definition) is 1. The van der Waals surface area contributed by atoms with E-state index in [1.165, 1.54) is 12.8 Å². The average Bonchev–Trinajstić information content (AvgIpc) is 2.45. The van der Waals surface area contributed by atoms with Crippen molar-refractivity contribution in [3.63, 3.8) is 0 Å². The summed E-state index contributed by atoms with van der Waals surface area (Å²) >= 11 is 0. The molecule has 1 N–H and O–H groups in total. The molecule has 1 saturated heterocycles. The molecule has 0 aromatic heterocycles. The van der Waals surface area contributed by atoms with Gasteiger partial charge < -0.3 is 10.2 Å². The van der Waals surface area contributed by atoms with E-state index < -0.39 is 0 Å². The van der Waals surface area contributed by atoms with Crippen LogP contribution < -0.4 is 5.32 Å². The van der Waals surface area contributed by atoms with Crippen molar-refractivity contribution in [1.82, 2.24) is 15.1 Å². The van der Waals surface area contributed by atoms with Gasteiger partial charge in [0, 0.05) is 25.7 Å². The molecule has 1 fully saturated rings. The molecule has 1 aliphatic heterocycles. The number of urea groups is 1. The van der Waals surface area contributed by atoms with Crippen LogP contribution in [0.25, 0.3) is 0 Å². The zero-order valence-electron chi connectivity index (χ0n) is 13.2. The lowest BCUT2D eigenvalue weighted by Gasteiger charge is -2.45. The Hall–Kier alpha value is -1.55. The molecule has 1 heterocycles. The molecule has 1 aliphatic rings. The van der Waals surface area contributed by atoms with E-state index in [1.807, 2.05) is 35.2 Å². The Morgan fingerprint density at radius 3 is 2.38 bits per heavy atom. The van der Waals surface area contributed by atoms with E-state index in [9.17, 15) is 4.79 Å². The first-order valence-corrected chi connectivity index (χ1v) is 8.05. The van der Waals surface area contributed by atoms with Gasteiger partial charge in [-0.1, -0.05) is 44.2 Å². The van der Waals surface area contributed by atoms with E-state index in [0.717, 1.165) is 31.7 Å². The van der Waals surface area contributed by atoms with Crippen LogP contribution in [-0.4, -0.2) is 48.1 Å². The lowest BCUT2D eigenvalue weighted by molar-refractivity contribution is 0.0564. The maximum atomic E-state index is 12.1. The Labute approximate surface area is 128 Å². The van der Waals surface area contributed by atoms with Crippen LogP contribution in [0.15, 0.2) is 30.3 Å². The van der Waals surface area contributed by atoms with Crippen LogP contribution in [0.2, 0.25) is 0 Å². The number of rotatable bonds is 7. The summed E-state index contributed by atoms with van der Waals surface area (Å²) in [6.07, 6.45) is 2.35. The van der Waals surface area contributed by atoms with Gasteiger partial charge in [0.15, 0.2) is 0 Å². The second-order valence-electron chi connectivity index (χ2n) is 5.74. The molecule has 0 spiro atoms. The molecule has 21 heavy (non-hydrogen) atoms. The van der Waals surface area contributed by atoms with E-state index in [1.54, 1.807) is 0 Å². The van der Waals surface area contributed by atoms with Gasteiger partial charge in [-0.3, -0.25) is 4.90 Å². The van der Waals surface area contributed by atoms with Crippen LogP contribution in [-0.2, 0) is 6.54 Å². The summed E-state index contributed by atoms with van der Waals surface area (Å²) < 4.78 is 0. The molecule has 1 aromatic carbocycles. The van der Waals surface area contributed by atoms with Gasteiger partial charge in [0.2, 0.25) is 0 Å². The largest absolute Gasteiger partial charge is 0.334 e. The molecule has 1 aromatic rings. The molecule has 0 radical (unpaired) electrons. The number of nitrogens with zero attached hydrogens (tertiary/aromatic N) is 2. The van der Waals surface area contributed by atoms with Crippen molar-refractivity contribution >= 4 is 6.03 Å². The Morgan fingerprint density at radius 2 is 1.81 bits per heavy atom. The number of carbonyl (C=O) groups is 1. The van der Waals surface area contributed by atoms with Crippen LogP contribution in [0.5, 0.6) is 0 Å². The van der Waals surface area contributed by atoms with Gasteiger partial charge in [-0.05, 0) is 31.5 Å². The molecule has 0 atom stereocenters. The summed E-state index contributed by atoms with van der Waals surface area (Å²) in [4.78, 5) is 16.5. The smallest absolute Gasteiger partial charge is 0.317 e. The number of carbonyl (C=O) groups excluding carboxylic acids is 1. The van der Waals surface area contributed by atoms with Crippen LogP contribution in [0.4, 0.5) is 4.79 Å². The quantitative estimate of drug-likeness (QED) is 0.837. The highest BCUT2D eigenvalue weighted by Gasteiger charge is 2.33. The van der Waals surface area contributed by atoms with Gasteiger partial charge in [-0.25, -0.2) is 4.79 Å². The summed E-state index contributed by atoms with van der Waals surface area (Å²) in [6.45, 7) is 9.03. The zero-order chi connectivity index (χ0) is 15.1. The normalized spacial score (nSPS) is 15.1. The van der Waals surface area contributed by atoms with E-state index in [2.05, 4.69) is 24.1 Å². The Balaban J connectivity index is 1.72. The second kappa shape index (κ2) is 8.03. The third-order valence-electron chi connectivity index (χ3n) is 3.97. The highest BCUT2D eigenvalue weighted by Crippen LogP contribution is 2.16. The summed E-state index contributed by atoms with van der Waals surface area (Å²) in [7, 11) is 0. The molecule has 4 heteroatoms. The van der Waals surface area contributed by atoms with Crippen molar-refractivity contribution in [2.45, 2.75) is 39.3 Å². The summed E-state index contributed by atoms with van der Waals surface area (Å²) in [6, 6.07) is 10.6. The van der Waals surface area contributed by atoms with Crippen molar-refractivity contribution in [2.75, 3.05) is 26.2 Å². The van der Waals surface area contributed by atoms with E-state index >= 15 is 0 Å². The maximum absolute atomic E-state index is 12.1. The van der Waals surface area contributed by atoms with Gasteiger partial charge in [0.05, 0.1) is 0 Å². The van der Waals surface area contributed by atoms with Crippen LogP contribution in [0, 0.1) is 0 Å². The molecular formula is C17H27N3O. The minimum absolute atomic E-state index is 0.0584. The minimum Gasteiger partial charge on any atom is -0.334 e. The van der Waals surface area contributed by atoms with Crippen molar-refractivity contribution in [3.05, 3.63) is 35.9 Å². The number of amides is 2. The predicted octanol–water partition coefficient (Wildman–Crippen LogP) is 2.70. The van der Waals surface area contributed by atoms with E-state index in [4.69, 9.17) is 0 Å². The SMILES string of the molecule is CCCN(CCC)C1CN(C(=O)NCc2ccccc2)C1. The Kier molecular flexibility index (Phi) is 6.05. The van der Waals surface area contributed by atoms with Crippen molar-refractivity contribution in [2.24, 2.45) is 0 Å². The lowest BCUT2D eigenvalue weighted by atomic mass is 10.1. The van der Waals surface area contributed by atoms with E-state index in [0.29, 0.717) is 12.6 Å². The van der Waals surface area contributed by atoms with Crippen LogP contribution in [0.1, 0.15) is 32.3 Å². The van der Waals surface area contributed by atoms with Gasteiger partial charge in [0.25, 0.3) is 0 Å². The highest BCUT2D eigenvalue weighted by atomic mass is 16.2. The number of benzene rings is 1. The van der Waals surface area contributed by atoms with Gasteiger partial charge in [-0.15, -0.1) is 0 Å². The Bertz CT molecular complexity index is 423. The standard InChI is InChI=1S/C17H27N3O/c1-3-10-19(11-4-2)16-13-20(14-16)17(21)18-12-15-8-6-5-7-9-15/h5-9,16H,3-4,10-14H2,1-2H3,(H,18,21). The molecule has 0 unspecified atom stereocenters. The molecule has 0 bridgehead atoms. The number of nitrogens with one attached hydrogen (secondary N) is 1. The fourth-order valence-electron chi connectivity index (χ4n) is 2.79. The molecule has 2 rings (SSSR count). The first-order valence-electron chi connectivity index (χ1n) is 8.05. The van der Waals surface area contributed by atoms with Crippen molar-refractivity contribution < 1.29 is 4.79 Å². The van der Waals surface area contributed by atoms with E-state index in [-0.39, 0.29) is 6.03 Å². The summed E-state index contributed by atoms with van der Waals surface area (Å²) in [5, 5.41) is 2.99. The molecular weight excluding hydrogens is 262 g/mol. The average molecular weight is 289 g/mol. The maximum Gasteiger partial charge on any atom is 0.317 e. The molecule has 116 valence electrons. The lowest BCUT2D eigenvalue weighted by Crippen LogP contribution is -2.63. The zero-order valence-corrected chi connectivity index (χ0v) is 13.2. The summed E-state index contributed by atoms with van der Waals surface area (Å²) in [5.74, 6) is 0.